The van der Waals surface area contributed by atoms with Crippen LogP contribution in [0.2, 0.25) is 0 Å². The minimum Gasteiger partial charge on any atom is -0.466 e. The van der Waals surface area contributed by atoms with E-state index in [-0.39, 0.29) is 11.9 Å². The molecule has 0 N–H and O–H groups in total. The largest absolute Gasteiger partial charge is 0.466 e. The van der Waals surface area contributed by atoms with E-state index < -0.39 is 0 Å². The van der Waals surface area contributed by atoms with Crippen LogP contribution in [0.1, 0.15) is 46.9 Å². The molecule has 1 heterocycles. The normalized spacial score (nSPS) is 11.0. The van der Waals surface area contributed by atoms with Crippen LogP contribution in [0.4, 0.5) is 5.69 Å². The van der Waals surface area contributed by atoms with Gasteiger partial charge >= 0.3 is 11.9 Å². The van der Waals surface area contributed by atoms with Crippen LogP contribution in [0.5, 0.6) is 0 Å². The first-order chi connectivity index (χ1) is 23.4. The van der Waals surface area contributed by atoms with Crippen molar-refractivity contribution in [3.05, 3.63) is 132 Å². The Kier molecular flexibility index (Phi) is 11.8. The van der Waals surface area contributed by atoms with Gasteiger partial charge in [0, 0.05) is 63.5 Å². The molecular formula is C40H44N4O4. The molecule has 0 amide bonds. The van der Waals surface area contributed by atoms with Gasteiger partial charge in [0.2, 0.25) is 0 Å². The zero-order valence-electron chi connectivity index (χ0n) is 28.3. The smallest absolute Gasteiger partial charge is 0.337 e. The molecule has 0 radical (unpaired) electrons. The van der Waals surface area contributed by atoms with E-state index in [1.165, 1.54) is 12.7 Å². The lowest BCUT2D eigenvalue weighted by molar-refractivity contribution is -0.143. The van der Waals surface area contributed by atoms with E-state index in [0.29, 0.717) is 51.2 Å². The van der Waals surface area contributed by atoms with Gasteiger partial charge in [0.15, 0.2) is 0 Å². The molecule has 0 unspecified atom stereocenters. The summed E-state index contributed by atoms with van der Waals surface area (Å²) in [6, 6.07) is 36.7. The third-order valence-corrected chi connectivity index (χ3v) is 8.23. The molecule has 0 fully saturated rings. The molecule has 5 rings (SSSR count). The van der Waals surface area contributed by atoms with Crippen LogP contribution in [0.3, 0.4) is 0 Å². The van der Waals surface area contributed by atoms with Crippen molar-refractivity contribution < 1.29 is 19.1 Å². The zero-order valence-corrected chi connectivity index (χ0v) is 28.3. The number of rotatable bonds is 15. The Labute approximate surface area is 283 Å². The van der Waals surface area contributed by atoms with E-state index >= 15 is 0 Å². The summed E-state index contributed by atoms with van der Waals surface area (Å²) in [5.41, 5.74) is 7.95. The van der Waals surface area contributed by atoms with Gasteiger partial charge in [-0.15, -0.1) is 0 Å². The van der Waals surface area contributed by atoms with Crippen molar-refractivity contribution >= 4 is 17.6 Å². The second-order valence-corrected chi connectivity index (χ2v) is 11.9. The van der Waals surface area contributed by atoms with Gasteiger partial charge in [0.05, 0.1) is 30.7 Å². The minimum absolute atomic E-state index is 0.193. The number of ether oxygens (including phenoxy) is 2. The Balaban J connectivity index is 1.57. The number of carbonyl (C=O) groups is 2. The second kappa shape index (κ2) is 16.6. The van der Waals surface area contributed by atoms with Gasteiger partial charge in [-0.3, -0.25) is 9.69 Å². The van der Waals surface area contributed by atoms with Crippen molar-refractivity contribution in [2.45, 2.75) is 45.9 Å². The average molecular weight is 645 g/mol. The molecule has 0 bridgehead atoms. The van der Waals surface area contributed by atoms with Gasteiger partial charge in [-0.05, 0) is 48.7 Å². The van der Waals surface area contributed by atoms with Gasteiger partial charge in [0.25, 0.3) is 0 Å². The number of benzene rings is 4. The Bertz CT molecular complexity index is 1770. The maximum atomic E-state index is 12.3. The lowest BCUT2D eigenvalue weighted by Crippen LogP contribution is -2.25. The lowest BCUT2D eigenvalue weighted by Gasteiger charge is -2.25. The Hall–Kier alpha value is -5.21. The van der Waals surface area contributed by atoms with Crippen LogP contribution in [0.25, 0.3) is 22.6 Å². The summed E-state index contributed by atoms with van der Waals surface area (Å²) in [5, 5.41) is 0. The van der Waals surface area contributed by atoms with Gasteiger partial charge in [-0.25, -0.2) is 9.78 Å². The van der Waals surface area contributed by atoms with Crippen LogP contribution >= 0.6 is 0 Å². The molecule has 248 valence electrons. The van der Waals surface area contributed by atoms with Crippen LogP contribution in [0.15, 0.2) is 109 Å². The molecule has 0 saturated carbocycles. The first-order valence-corrected chi connectivity index (χ1v) is 16.4. The summed E-state index contributed by atoms with van der Waals surface area (Å²) in [5.74, 6) is 0.319. The number of carbonyl (C=O) groups excluding carboxylic acids is 2. The van der Waals surface area contributed by atoms with E-state index in [1.807, 2.05) is 81.7 Å². The predicted octanol–water partition coefficient (Wildman–Crippen LogP) is 7.62. The fraction of sp³-hybridized carbons (Fsp3) is 0.275. The summed E-state index contributed by atoms with van der Waals surface area (Å²) in [6.07, 6.45) is 0.950. The number of imidazole rings is 1. The Morgan fingerprint density at radius 3 is 1.90 bits per heavy atom. The van der Waals surface area contributed by atoms with Crippen LogP contribution in [0, 0.1) is 0 Å². The summed E-state index contributed by atoms with van der Waals surface area (Å²) in [7, 11) is 5.47. The Morgan fingerprint density at radius 2 is 1.33 bits per heavy atom. The molecule has 0 aliphatic rings. The van der Waals surface area contributed by atoms with Crippen LogP contribution in [-0.2, 0) is 40.4 Å². The maximum absolute atomic E-state index is 12.3. The summed E-state index contributed by atoms with van der Waals surface area (Å²) in [6.45, 7) is 4.73. The third-order valence-electron chi connectivity index (χ3n) is 8.23. The number of hydrogen-bond acceptors (Lipinski definition) is 7. The quantitative estimate of drug-likeness (QED) is 0.109. The fourth-order valence-electron chi connectivity index (χ4n) is 5.80. The number of nitrogens with zero attached hydrogens (tertiary/aromatic N) is 4. The van der Waals surface area contributed by atoms with Crippen molar-refractivity contribution in [3.63, 3.8) is 0 Å². The number of anilines is 1. The second-order valence-electron chi connectivity index (χ2n) is 11.9. The third kappa shape index (κ3) is 8.77. The molecule has 0 saturated heterocycles. The van der Waals surface area contributed by atoms with E-state index in [2.05, 4.69) is 62.9 Å². The number of hydrogen-bond donors (Lipinski definition) is 0. The number of esters is 2. The SMILES string of the molecule is CCOC(=O)CCCn1c(-c2ccccc2)nc(-c2ccccc2)c1CN(Cc1ccc(C(=O)OC)cc1)Cc1ccc(N(C)C)cc1. The molecule has 0 aliphatic carbocycles. The summed E-state index contributed by atoms with van der Waals surface area (Å²) < 4.78 is 12.4. The van der Waals surface area contributed by atoms with Crippen LogP contribution in [-0.4, -0.2) is 54.2 Å². The van der Waals surface area contributed by atoms with Crippen molar-refractivity contribution in [1.82, 2.24) is 14.5 Å². The standard InChI is InChI=1S/C40H44N4O4/c1-5-48-37(45)17-12-26-44-36(38(32-13-8-6-9-14-32)41-39(44)33-15-10-7-11-16-33)29-43(28-31-20-24-35(25-21-31)42(2)3)27-30-18-22-34(23-19-30)40(46)47-4/h6-11,13-16,18-25H,5,12,17,26-29H2,1-4H3. The lowest BCUT2D eigenvalue weighted by atomic mass is 10.1. The summed E-state index contributed by atoms with van der Waals surface area (Å²) in [4.78, 5) is 34.3. The average Bonchev–Trinajstić information content (AvgIpc) is 3.46. The van der Waals surface area contributed by atoms with Gasteiger partial charge in [0.1, 0.15) is 5.82 Å². The highest BCUT2D eigenvalue weighted by Crippen LogP contribution is 2.32. The van der Waals surface area contributed by atoms with Crippen molar-refractivity contribution in [1.29, 1.82) is 0 Å². The van der Waals surface area contributed by atoms with Gasteiger partial charge < -0.3 is 18.9 Å². The fourth-order valence-corrected chi connectivity index (χ4v) is 5.80. The van der Waals surface area contributed by atoms with E-state index in [1.54, 1.807) is 0 Å². The highest BCUT2D eigenvalue weighted by molar-refractivity contribution is 5.89. The van der Waals surface area contributed by atoms with E-state index in [9.17, 15) is 9.59 Å². The van der Waals surface area contributed by atoms with Crippen molar-refractivity contribution in [3.8, 4) is 22.6 Å². The predicted molar refractivity (Wildman–Crippen MR) is 190 cm³/mol. The van der Waals surface area contributed by atoms with Crippen molar-refractivity contribution in [2.75, 3.05) is 32.7 Å². The molecule has 5 aromatic rings. The molecule has 8 nitrogen and oxygen atoms in total. The highest BCUT2D eigenvalue weighted by atomic mass is 16.5. The molecule has 0 aliphatic heterocycles. The highest BCUT2D eigenvalue weighted by Gasteiger charge is 2.23. The van der Waals surface area contributed by atoms with Crippen molar-refractivity contribution in [2.24, 2.45) is 0 Å². The minimum atomic E-state index is -0.355. The molecule has 0 spiro atoms. The molecular weight excluding hydrogens is 600 g/mol. The van der Waals surface area contributed by atoms with E-state index in [4.69, 9.17) is 14.5 Å². The molecule has 8 heteroatoms. The molecule has 4 aromatic carbocycles. The molecule has 48 heavy (non-hydrogen) atoms. The van der Waals surface area contributed by atoms with Gasteiger partial charge in [-0.1, -0.05) is 84.9 Å². The first-order valence-electron chi connectivity index (χ1n) is 16.4. The molecule has 1 aromatic heterocycles. The molecule has 0 atom stereocenters. The number of aromatic nitrogens is 2. The summed E-state index contributed by atoms with van der Waals surface area (Å²) >= 11 is 0. The van der Waals surface area contributed by atoms with Gasteiger partial charge in [-0.2, -0.15) is 0 Å². The van der Waals surface area contributed by atoms with E-state index in [0.717, 1.165) is 39.6 Å². The monoisotopic (exact) mass is 644 g/mol. The Morgan fingerprint density at radius 1 is 0.750 bits per heavy atom. The maximum Gasteiger partial charge on any atom is 0.337 e. The zero-order chi connectivity index (χ0) is 33.9. The number of methoxy groups -OCH3 is 1. The first kappa shape index (κ1) is 34.1. The van der Waals surface area contributed by atoms with Crippen LogP contribution < -0.4 is 4.90 Å². The topological polar surface area (TPSA) is 76.9 Å².